The maximum Gasteiger partial charge on any atom is 0.0849 e. The van der Waals surface area contributed by atoms with Crippen LogP contribution in [0.5, 0.6) is 0 Å². The van der Waals surface area contributed by atoms with E-state index in [4.69, 9.17) is 15.0 Å². The third kappa shape index (κ3) is 5.87. The van der Waals surface area contributed by atoms with Gasteiger partial charge in [0.05, 0.1) is 34.5 Å². The Kier molecular flexibility index (Phi) is 7.74. The van der Waals surface area contributed by atoms with Crippen molar-refractivity contribution >= 4 is 17.1 Å². The SMILES string of the molecule is C/C(=N\c1c(C(C)C)cccc1C(C)C)c1cccc(/C(C)=N/[C@@H](C)C(C)(C)C)n1. The molecule has 0 bridgehead atoms. The molecular weight excluding hydrogens is 366 g/mol. The Morgan fingerprint density at radius 1 is 0.767 bits per heavy atom. The minimum absolute atomic E-state index is 0.129. The van der Waals surface area contributed by atoms with Gasteiger partial charge in [-0.25, -0.2) is 4.98 Å². The summed E-state index contributed by atoms with van der Waals surface area (Å²) in [5.41, 5.74) is 7.52. The number of benzene rings is 1. The van der Waals surface area contributed by atoms with Gasteiger partial charge in [-0.05, 0) is 61.3 Å². The van der Waals surface area contributed by atoms with Crippen molar-refractivity contribution in [1.82, 2.24) is 4.98 Å². The molecule has 0 aliphatic rings. The molecule has 3 nitrogen and oxygen atoms in total. The Hall–Kier alpha value is -2.29. The Labute approximate surface area is 183 Å². The van der Waals surface area contributed by atoms with Gasteiger partial charge in [0.15, 0.2) is 0 Å². The average molecular weight is 406 g/mol. The Balaban J connectivity index is 2.49. The molecule has 1 aromatic heterocycles. The van der Waals surface area contributed by atoms with Gasteiger partial charge in [0.2, 0.25) is 0 Å². The van der Waals surface area contributed by atoms with Crippen molar-refractivity contribution in [2.45, 2.75) is 87.1 Å². The van der Waals surface area contributed by atoms with Crippen molar-refractivity contribution in [2.24, 2.45) is 15.4 Å². The number of pyridine rings is 1. The van der Waals surface area contributed by atoms with Gasteiger partial charge >= 0.3 is 0 Å². The molecule has 0 spiro atoms. The number of aliphatic imine (C=N–C) groups is 2. The number of nitrogens with zero attached hydrogens (tertiary/aromatic N) is 3. The van der Waals surface area contributed by atoms with Crippen LogP contribution in [0.1, 0.15) is 104 Å². The van der Waals surface area contributed by atoms with Gasteiger partial charge in [0, 0.05) is 0 Å². The summed E-state index contributed by atoms with van der Waals surface area (Å²) in [6.45, 7) is 21.8. The first kappa shape index (κ1) is 24.0. The van der Waals surface area contributed by atoms with Crippen LogP contribution in [-0.2, 0) is 0 Å². The summed E-state index contributed by atoms with van der Waals surface area (Å²) in [7, 11) is 0. The van der Waals surface area contributed by atoms with E-state index in [0.29, 0.717) is 11.8 Å². The van der Waals surface area contributed by atoms with Gasteiger partial charge in [-0.15, -0.1) is 0 Å². The summed E-state index contributed by atoms with van der Waals surface area (Å²) in [6, 6.07) is 12.9. The number of hydrogen-bond acceptors (Lipinski definition) is 3. The zero-order valence-electron chi connectivity index (χ0n) is 20.5. The van der Waals surface area contributed by atoms with Crippen molar-refractivity contribution in [1.29, 1.82) is 0 Å². The Bertz CT molecular complexity index is 901. The highest BCUT2D eigenvalue weighted by molar-refractivity contribution is 6.01. The summed E-state index contributed by atoms with van der Waals surface area (Å²) in [4.78, 5) is 14.9. The Morgan fingerprint density at radius 2 is 1.23 bits per heavy atom. The summed E-state index contributed by atoms with van der Waals surface area (Å²) in [6.07, 6.45) is 0. The molecule has 3 heteroatoms. The molecule has 0 unspecified atom stereocenters. The molecule has 1 heterocycles. The summed E-state index contributed by atoms with van der Waals surface area (Å²) in [5.74, 6) is 0.839. The predicted molar refractivity (Wildman–Crippen MR) is 132 cm³/mol. The van der Waals surface area contributed by atoms with E-state index < -0.39 is 0 Å². The highest BCUT2D eigenvalue weighted by Gasteiger charge is 2.19. The Morgan fingerprint density at radius 3 is 1.70 bits per heavy atom. The fraction of sp³-hybridized carbons (Fsp3) is 0.519. The van der Waals surface area contributed by atoms with Crippen LogP contribution in [0.4, 0.5) is 5.69 Å². The average Bonchev–Trinajstić information content (AvgIpc) is 2.66. The zero-order valence-corrected chi connectivity index (χ0v) is 20.5. The summed E-state index contributed by atoms with van der Waals surface area (Å²) in [5, 5.41) is 0. The number of rotatable bonds is 6. The van der Waals surface area contributed by atoms with E-state index in [-0.39, 0.29) is 11.5 Å². The molecule has 162 valence electrons. The highest BCUT2D eigenvalue weighted by atomic mass is 14.9. The zero-order chi connectivity index (χ0) is 22.6. The lowest BCUT2D eigenvalue weighted by molar-refractivity contribution is 0.342. The molecule has 0 saturated carbocycles. The van der Waals surface area contributed by atoms with Crippen LogP contribution in [0.15, 0.2) is 46.4 Å². The molecule has 0 radical (unpaired) electrons. The monoisotopic (exact) mass is 405 g/mol. The van der Waals surface area contributed by atoms with Crippen molar-refractivity contribution in [3.8, 4) is 0 Å². The lowest BCUT2D eigenvalue weighted by Crippen LogP contribution is -2.22. The van der Waals surface area contributed by atoms with Gasteiger partial charge in [-0.3, -0.25) is 9.98 Å². The van der Waals surface area contributed by atoms with Gasteiger partial charge in [-0.2, -0.15) is 0 Å². The van der Waals surface area contributed by atoms with Crippen molar-refractivity contribution < 1.29 is 0 Å². The van der Waals surface area contributed by atoms with E-state index in [1.165, 1.54) is 11.1 Å². The molecule has 1 atom stereocenters. The number of hydrogen-bond donors (Lipinski definition) is 0. The van der Waals surface area contributed by atoms with Crippen molar-refractivity contribution in [2.75, 3.05) is 0 Å². The summed E-state index contributed by atoms with van der Waals surface area (Å²) < 4.78 is 0. The minimum Gasteiger partial charge on any atom is -0.284 e. The molecule has 0 fully saturated rings. The van der Waals surface area contributed by atoms with Crippen LogP contribution >= 0.6 is 0 Å². The first-order valence-electron chi connectivity index (χ1n) is 11.1. The second-order valence-corrected chi connectivity index (χ2v) is 9.96. The second-order valence-electron chi connectivity index (χ2n) is 9.96. The smallest absolute Gasteiger partial charge is 0.0849 e. The van der Waals surface area contributed by atoms with Crippen LogP contribution in [0, 0.1) is 5.41 Å². The number of aromatic nitrogens is 1. The fourth-order valence-corrected chi connectivity index (χ4v) is 3.25. The predicted octanol–water partition coefficient (Wildman–Crippen LogP) is 7.71. The van der Waals surface area contributed by atoms with E-state index in [9.17, 15) is 0 Å². The van der Waals surface area contributed by atoms with Crippen LogP contribution in [0.2, 0.25) is 0 Å². The largest absolute Gasteiger partial charge is 0.284 e. The second kappa shape index (κ2) is 9.68. The molecular formula is C27H39N3. The maximum absolute atomic E-state index is 5.09. The maximum atomic E-state index is 5.09. The lowest BCUT2D eigenvalue weighted by Gasteiger charge is -2.24. The molecule has 0 saturated heterocycles. The van der Waals surface area contributed by atoms with Gasteiger partial charge in [0.25, 0.3) is 0 Å². The number of para-hydroxylation sites is 1. The molecule has 30 heavy (non-hydrogen) atoms. The fourth-order valence-electron chi connectivity index (χ4n) is 3.25. The third-order valence-corrected chi connectivity index (χ3v) is 5.75. The van der Waals surface area contributed by atoms with Gasteiger partial charge < -0.3 is 0 Å². The van der Waals surface area contributed by atoms with Crippen molar-refractivity contribution in [3.63, 3.8) is 0 Å². The molecule has 0 amide bonds. The molecule has 0 aliphatic carbocycles. The van der Waals surface area contributed by atoms with Crippen LogP contribution in [-0.4, -0.2) is 22.4 Å². The standard InChI is InChI=1S/C27H39N3/c1-17(2)22-13-11-14-23(18(3)4)26(22)29-20(6)25-16-12-15-24(30-25)19(5)28-21(7)27(8,9)10/h11-18,21H,1-10H3/b28-19+,29-20+/t21-/m0/s1. The van der Waals surface area contributed by atoms with Gasteiger partial charge in [0.1, 0.15) is 0 Å². The first-order chi connectivity index (χ1) is 13.9. The van der Waals surface area contributed by atoms with Crippen LogP contribution in [0.3, 0.4) is 0 Å². The van der Waals surface area contributed by atoms with Crippen LogP contribution in [0.25, 0.3) is 0 Å². The minimum atomic E-state index is 0.129. The molecule has 0 aliphatic heterocycles. The third-order valence-electron chi connectivity index (χ3n) is 5.75. The normalized spacial score (nSPS) is 14.5. The van der Waals surface area contributed by atoms with Crippen molar-refractivity contribution in [3.05, 3.63) is 58.9 Å². The first-order valence-corrected chi connectivity index (χ1v) is 11.1. The van der Waals surface area contributed by atoms with E-state index >= 15 is 0 Å². The summed E-state index contributed by atoms with van der Waals surface area (Å²) >= 11 is 0. The van der Waals surface area contributed by atoms with E-state index in [2.05, 4.69) is 86.6 Å². The highest BCUT2D eigenvalue weighted by Crippen LogP contribution is 2.35. The van der Waals surface area contributed by atoms with Gasteiger partial charge in [-0.1, -0.05) is 72.7 Å². The van der Waals surface area contributed by atoms with E-state index in [0.717, 1.165) is 28.5 Å². The van der Waals surface area contributed by atoms with E-state index in [1.807, 2.05) is 19.1 Å². The molecule has 1 aromatic carbocycles. The topological polar surface area (TPSA) is 37.6 Å². The van der Waals surface area contributed by atoms with E-state index in [1.54, 1.807) is 0 Å². The molecule has 2 aromatic rings. The molecule has 2 rings (SSSR count). The lowest BCUT2D eigenvalue weighted by atomic mass is 9.88. The van der Waals surface area contributed by atoms with Crippen LogP contribution < -0.4 is 0 Å². The molecule has 0 N–H and O–H groups in total. The quantitative estimate of drug-likeness (QED) is 0.453.